The molecule has 2 heteroatoms. The Labute approximate surface area is 159 Å². The predicted molar refractivity (Wildman–Crippen MR) is 109 cm³/mol. The molecule has 0 atom stereocenters. The van der Waals surface area contributed by atoms with E-state index < -0.39 is 0 Å². The van der Waals surface area contributed by atoms with Crippen LogP contribution in [0.3, 0.4) is 0 Å². The summed E-state index contributed by atoms with van der Waals surface area (Å²) < 4.78 is 0. The van der Waals surface area contributed by atoms with Crippen molar-refractivity contribution in [3.63, 3.8) is 0 Å². The number of benzene rings is 1. The average molecular weight is 357 g/mol. The molecular formula is C24H36O2. The molecule has 144 valence electrons. The van der Waals surface area contributed by atoms with E-state index >= 15 is 0 Å². The van der Waals surface area contributed by atoms with Crippen molar-refractivity contribution in [2.24, 2.45) is 5.92 Å². The Morgan fingerprint density at radius 2 is 1.58 bits per heavy atom. The molecule has 2 rings (SSSR count). The fourth-order valence-electron chi connectivity index (χ4n) is 4.23. The maximum atomic E-state index is 12.2. The van der Waals surface area contributed by atoms with E-state index in [4.69, 9.17) is 0 Å². The van der Waals surface area contributed by atoms with Crippen molar-refractivity contribution in [1.29, 1.82) is 0 Å². The molecule has 0 radical (unpaired) electrons. The summed E-state index contributed by atoms with van der Waals surface area (Å²) in [5.41, 5.74) is 2.05. The number of carbonyl (C=O) groups is 2. The Kier molecular flexibility index (Phi) is 9.08. The molecule has 1 fully saturated rings. The number of carbonyl (C=O) groups excluding carboxylic acids is 2. The molecule has 26 heavy (non-hydrogen) atoms. The average Bonchev–Trinajstić information content (AvgIpc) is 2.66. The van der Waals surface area contributed by atoms with Crippen LogP contribution in [-0.4, -0.2) is 11.6 Å². The van der Waals surface area contributed by atoms with Crippen LogP contribution < -0.4 is 0 Å². The van der Waals surface area contributed by atoms with Crippen LogP contribution >= 0.6 is 0 Å². The summed E-state index contributed by atoms with van der Waals surface area (Å²) >= 11 is 0. The first kappa shape index (κ1) is 20.9. The van der Waals surface area contributed by atoms with E-state index in [9.17, 15) is 9.59 Å². The van der Waals surface area contributed by atoms with Crippen molar-refractivity contribution in [2.45, 2.75) is 96.8 Å². The third-order valence-electron chi connectivity index (χ3n) is 5.90. The van der Waals surface area contributed by atoms with Crippen molar-refractivity contribution in [2.75, 3.05) is 0 Å². The van der Waals surface area contributed by atoms with Crippen LogP contribution in [-0.2, 0) is 4.79 Å². The van der Waals surface area contributed by atoms with Crippen LogP contribution in [0.5, 0.6) is 0 Å². The van der Waals surface area contributed by atoms with Gasteiger partial charge in [-0.15, -0.1) is 0 Å². The first-order chi connectivity index (χ1) is 12.6. The summed E-state index contributed by atoms with van der Waals surface area (Å²) in [5.74, 6) is 1.59. The van der Waals surface area contributed by atoms with Crippen LogP contribution in [0, 0.1) is 5.92 Å². The normalized spacial score (nSPS) is 20.1. The lowest BCUT2D eigenvalue weighted by molar-refractivity contribution is -0.118. The van der Waals surface area contributed by atoms with Crippen LogP contribution in [0.4, 0.5) is 0 Å². The fraction of sp³-hybridized carbons (Fsp3) is 0.667. The molecule has 1 saturated carbocycles. The van der Waals surface area contributed by atoms with Gasteiger partial charge in [0.05, 0.1) is 6.42 Å². The summed E-state index contributed by atoms with van der Waals surface area (Å²) in [6.07, 6.45) is 13.5. The van der Waals surface area contributed by atoms with Gasteiger partial charge in [0.2, 0.25) is 0 Å². The molecule has 0 unspecified atom stereocenters. The van der Waals surface area contributed by atoms with E-state index in [1.165, 1.54) is 63.4 Å². The van der Waals surface area contributed by atoms with Gasteiger partial charge >= 0.3 is 0 Å². The zero-order valence-electron chi connectivity index (χ0n) is 16.8. The second-order valence-corrected chi connectivity index (χ2v) is 8.08. The van der Waals surface area contributed by atoms with Crippen molar-refractivity contribution in [3.05, 3.63) is 35.4 Å². The monoisotopic (exact) mass is 356 g/mol. The molecule has 0 aliphatic heterocycles. The maximum absolute atomic E-state index is 12.2. The molecule has 0 heterocycles. The largest absolute Gasteiger partial charge is 0.299 e. The number of hydrogen-bond donors (Lipinski definition) is 0. The van der Waals surface area contributed by atoms with Gasteiger partial charge in [-0.25, -0.2) is 0 Å². The number of rotatable bonds is 11. The van der Waals surface area contributed by atoms with Gasteiger partial charge in [0.15, 0.2) is 5.78 Å². The topological polar surface area (TPSA) is 34.1 Å². The molecule has 1 aromatic rings. The van der Waals surface area contributed by atoms with Crippen molar-refractivity contribution < 1.29 is 9.59 Å². The molecule has 1 aliphatic carbocycles. The van der Waals surface area contributed by atoms with Crippen molar-refractivity contribution in [1.82, 2.24) is 0 Å². The Morgan fingerprint density at radius 3 is 2.19 bits per heavy atom. The van der Waals surface area contributed by atoms with Crippen molar-refractivity contribution >= 4 is 11.6 Å². The Bertz CT molecular complexity index is 550. The van der Waals surface area contributed by atoms with Gasteiger partial charge in [-0.1, -0.05) is 70.2 Å². The third kappa shape index (κ3) is 6.70. The lowest BCUT2D eigenvalue weighted by Gasteiger charge is -2.29. The molecular weight excluding hydrogens is 320 g/mol. The zero-order valence-corrected chi connectivity index (χ0v) is 16.8. The lowest BCUT2D eigenvalue weighted by atomic mass is 9.77. The summed E-state index contributed by atoms with van der Waals surface area (Å²) in [6.45, 7) is 4.24. The SMILES string of the molecule is CCCCCCC1CCC(c2ccc(C(=O)CC(=O)CCC)cc2)CC1. The smallest absolute Gasteiger partial charge is 0.170 e. The van der Waals surface area contributed by atoms with E-state index in [1.54, 1.807) is 0 Å². The highest BCUT2D eigenvalue weighted by Crippen LogP contribution is 2.37. The zero-order chi connectivity index (χ0) is 18.8. The highest BCUT2D eigenvalue weighted by Gasteiger charge is 2.22. The minimum atomic E-state index is -0.0363. The van der Waals surface area contributed by atoms with Gasteiger partial charge in [-0.05, 0) is 49.5 Å². The second-order valence-electron chi connectivity index (χ2n) is 8.08. The van der Waals surface area contributed by atoms with Gasteiger partial charge in [-0.3, -0.25) is 9.59 Å². The molecule has 2 nitrogen and oxygen atoms in total. The molecule has 0 amide bonds. The second kappa shape index (κ2) is 11.3. The summed E-state index contributed by atoms with van der Waals surface area (Å²) in [6, 6.07) is 8.08. The summed E-state index contributed by atoms with van der Waals surface area (Å²) in [4.78, 5) is 23.8. The van der Waals surface area contributed by atoms with Crippen LogP contribution in [0.25, 0.3) is 0 Å². The Morgan fingerprint density at radius 1 is 0.885 bits per heavy atom. The van der Waals surface area contributed by atoms with Gasteiger partial charge in [0.25, 0.3) is 0 Å². The molecule has 0 aromatic heterocycles. The van der Waals surface area contributed by atoms with Crippen molar-refractivity contribution in [3.8, 4) is 0 Å². The lowest BCUT2D eigenvalue weighted by Crippen LogP contribution is -2.13. The van der Waals surface area contributed by atoms with Gasteiger partial charge in [0.1, 0.15) is 5.78 Å². The predicted octanol–water partition coefficient (Wildman–Crippen LogP) is 6.87. The highest BCUT2D eigenvalue weighted by molar-refractivity contribution is 6.07. The molecule has 1 aliphatic rings. The molecule has 0 N–H and O–H groups in total. The molecule has 0 spiro atoms. The molecule has 1 aromatic carbocycles. The number of ketones is 2. The van der Waals surface area contributed by atoms with Gasteiger partial charge in [0, 0.05) is 12.0 Å². The summed E-state index contributed by atoms with van der Waals surface area (Å²) in [5, 5.41) is 0. The minimum absolute atomic E-state index is 0.0363. The highest BCUT2D eigenvalue weighted by atomic mass is 16.1. The first-order valence-corrected chi connectivity index (χ1v) is 10.8. The summed E-state index contributed by atoms with van der Waals surface area (Å²) in [7, 11) is 0. The minimum Gasteiger partial charge on any atom is -0.299 e. The standard InChI is InChI=1S/C24H36O2/c1-3-5-6-7-9-19-10-12-20(13-11-19)21-14-16-22(17-15-21)24(26)18-23(25)8-4-2/h14-17,19-20H,3-13,18H2,1-2H3. The van der Waals surface area contributed by atoms with Crippen LogP contribution in [0.2, 0.25) is 0 Å². The van der Waals surface area contributed by atoms with E-state index in [0.717, 1.165) is 12.3 Å². The Balaban J connectivity index is 1.78. The van der Waals surface area contributed by atoms with E-state index in [-0.39, 0.29) is 18.0 Å². The van der Waals surface area contributed by atoms with Gasteiger partial charge < -0.3 is 0 Å². The molecule has 0 saturated heterocycles. The van der Waals surface area contributed by atoms with Crippen LogP contribution in [0.1, 0.15) is 113 Å². The first-order valence-electron chi connectivity index (χ1n) is 10.8. The number of Topliss-reactive ketones (excluding diaryl/α,β-unsaturated/α-hetero) is 2. The van der Waals surface area contributed by atoms with Gasteiger partial charge in [-0.2, -0.15) is 0 Å². The molecule has 0 bridgehead atoms. The maximum Gasteiger partial charge on any atom is 0.170 e. The van der Waals surface area contributed by atoms with E-state index in [0.29, 0.717) is 17.9 Å². The van der Waals surface area contributed by atoms with Crippen LogP contribution in [0.15, 0.2) is 24.3 Å². The number of unbranched alkanes of at least 4 members (excludes halogenated alkanes) is 3. The Hall–Kier alpha value is -1.44. The number of hydrogen-bond acceptors (Lipinski definition) is 2. The third-order valence-corrected chi connectivity index (χ3v) is 5.90. The van der Waals surface area contributed by atoms with E-state index in [1.807, 2.05) is 19.1 Å². The quantitative estimate of drug-likeness (QED) is 0.246. The fourth-order valence-corrected chi connectivity index (χ4v) is 4.23. The van der Waals surface area contributed by atoms with E-state index in [2.05, 4.69) is 19.1 Å².